The van der Waals surface area contributed by atoms with Crippen LogP contribution in [0.5, 0.6) is 5.75 Å². The molecule has 110 valence electrons. The van der Waals surface area contributed by atoms with Crippen LogP contribution in [0.25, 0.3) is 0 Å². The second-order valence-electron chi connectivity index (χ2n) is 5.96. The van der Waals surface area contributed by atoms with Gasteiger partial charge in [-0.3, -0.25) is 0 Å². The van der Waals surface area contributed by atoms with E-state index in [1.165, 1.54) is 11.6 Å². The first-order valence-corrected chi connectivity index (χ1v) is 7.72. The van der Waals surface area contributed by atoms with E-state index in [-0.39, 0.29) is 11.4 Å². The van der Waals surface area contributed by atoms with Gasteiger partial charge in [-0.05, 0) is 49.2 Å². The van der Waals surface area contributed by atoms with Crippen LogP contribution in [-0.2, 0) is 13.0 Å². The summed E-state index contributed by atoms with van der Waals surface area (Å²) in [6.45, 7) is 4.75. The summed E-state index contributed by atoms with van der Waals surface area (Å²) in [7, 11) is 0. The summed E-state index contributed by atoms with van der Waals surface area (Å²) in [5.41, 5.74) is 2.70. The first kappa shape index (κ1) is 14.4. The lowest BCUT2D eigenvalue weighted by molar-refractivity contribution is 0.138. The average molecular weight is 350 g/mol. The van der Waals surface area contributed by atoms with Crippen LogP contribution in [0.15, 0.2) is 40.9 Å². The number of halogens is 2. The maximum Gasteiger partial charge on any atom is 0.146 e. The van der Waals surface area contributed by atoms with Crippen LogP contribution in [0.1, 0.15) is 25.0 Å². The van der Waals surface area contributed by atoms with Crippen molar-refractivity contribution in [3.8, 4) is 5.75 Å². The van der Waals surface area contributed by atoms with Crippen molar-refractivity contribution in [2.45, 2.75) is 32.4 Å². The van der Waals surface area contributed by atoms with E-state index in [0.717, 1.165) is 22.2 Å². The van der Waals surface area contributed by atoms with E-state index < -0.39 is 0 Å². The molecule has 2 aromatic carbocycles. The Kier molecular flexibility index (Phi) is 3.66. The highest BCUT2D eigenvalue weighted by Crippen LogP contribution is 2.35. The molecule has 2 aromatic rings. The zero-order valence-corrected chi connectivity index (χ0v) is 13.6. The SMILES string of the molecule is CC1(C)Cc2cc(CNc3cc(Br)ccc3F)ccc2O1. The molecule has 1 heterocycles. The van der Waals surface area contributed by atoms with Crippen molar-refractivity contribution in [3.63, 3.8) is 0 Å². The van der Waals surface area contributed by atoms with Crippen molar-refractivity contribution in [3.05, 3.63) is 57.8 Å². The molecule has 0 amide bonds. The van der Waals surface area contributed by atoms with Gasteiger partial charge in [0.1, 0.15) is 17.2 Å². The molecule has 1 aliphatic heterocycles. The molecule has 3 rings (SSSR count). The van der Waals surface area contributed by atoms with E-state index in [9.17, 15) is 4.39 Å². The number of nitrogens with one attached hydrogen (secondary N) is 1. The lowest BCUT2D eigenvalue weighted by Crippen LogP contribution is -2.24. The van der Waals surface area contributed by atoms with Crippen LogP contribution in [0.2, 0.25) is 0 Å². The second kappa shape index (κ2) is 5.34. The zero-order chi connectivity index (χ0) is 15.0. The summed E-state index contributed by atoms with van der Waals surface area (Å²) in [5, 5.41) is 3.14. The number of benzene rings is 2. The van der Waals surface area contributed by atoms with E-state index in [1.807, 2.05) is 12.1 Å². The maximum atomic E-state index is 13.7. The first-order valence-electron chi connectivity index (χ1n) is 6.93. The molecular weight excluding hydrogens is 333 g/mol. The fourth-order valence-corrected chi connectivity index (χ4v) is 2.96. The minimum atomic E-state index is -0.246. The molecule has 0 aliphatic carbocycles. The Morgan fingerprint density at radius 3 is 2.86 bits per heavy atom. The van der Waals surface area contributed by atoms with Crippen molar-refractivity contribution in [2.75, 3.05) is 5.32 Å². The van der Waals surface area contributed by atoms with Crippen LogP contribution < -0.4 is 10.1 Å². The second-order valence-corrected chi connectivity index (χ2v) is 6.87. The van der Waals surface area contributed by atoms with Crippen LogP contribution in [0.3, 0.4) is 0 Å². The Morgan fingerprint density at radius 1 is 1.24 bits per heavy atom. The molecule has 2 nitrogen and oxygen atoms in total. The van der Waals surface area contributed by atoms with Crippen molar-refractivity contribution < 1.29 is 9.13 Å². The van der Waals surface area contributed by atoms with Gasteiger partial charge in [0.05, 0.1) is 5.69 Å². The normalized spacial score (nSPS) is 15.4. The molecule has 0 atom stereocenters. The van der Waals surface area contributed by atoms with Crippen molar-refractivity contribution in [2.24, 2.45) is 0 Å². The summed E-state index contributed by atoms with van der Waals surface area (Å²) in [5.74, 6) is 0.709. The van der Waals surface area contributed by atoms with Gasteiger partial charge in [0.15, 0.2) is 0 Å². The van der Waals surface area contributed by atoms with E-state index in [0.29, 0.717) is 12.2 Å². The van der Waals surface area contributed by atoms with E-state index in [2.05, 4.69) is 41.2 Å². The quantitative estimate of drug-likeness (QED) is 0.849. The summed E-state index contributed by atoms with van der Waals surface area (Å²) in [6.07, 6.45) is 0.904. The molecule has 0 bridgehead atoms. The molecule has 0 saturated heterocycles. The van der Waals surface area contributed by atoms with E-state index in [1.54, 1.807) is 12.1 Å². The predicted octanol–water partition coefficient (Wildman–Crippen LogP) is 4.91. The van der Waals surface area contributed by atoms with Gasteiger partial charge in [-0.15, -0.1) is 0 Å². The first-order chi connectivity index (χ1) is 9.93. The number of rotatable bonds is 3. The number of hydrogen-bond acceptors (Lipinski definition) is 2. The standard InChI is InChI=1S/C17H17BrFNO/c1-17(2)9-12-7-11(3-6-16(12)21-17)10-20-15-8-13(18)4-5-14(15)19/h3-8,20H,9-10H2,1-2H3. The number of ether oxygens (including phenoxy) is 1. The van der Waals surface area contributed by atoms with Gasteiger partial charge in [-0.1, -0.05) is 28.1 Å². The molecule has 21 heavy (non-hydrogen) atoms. The van der Waals surface area contributed by atoms with E-state index in [4.69, 9.17) is 4.74 Å². The van der Waals surface area contributed by atoms with Gasteiger partial charge in [0.25, 0.3) is 0 Å². The Morgan fingerprint density at radius 2 is 2.05 bits per heavy atom. The molecule has 4 heteroatoms. The van der Waals surface area contributed by atoms with Gasteiger partial charge >= 0.3 is 0 Å². The minimum Gasteiger partial charge on any atom is -0.487 e. The highest BCUT2D eigenvalue weighted by Gasteiger charge is 2.29. The fraction of sp³-hybridized carbons (Fsp3) is 0.294. The highest BCUT2D eigenvalue weighted by atomic mass is 79.9. The smallest absolute Gasteiger partial charge is 0.146 e. The summed E-state index contributed by atoms with van der Waals surface area (Å²) in [4.78, 5) is 0. The molecule has 1 aliphatic rings. The monoisotopic (exact) mass is 349 g/mol. The van der Waals surface area contributed by atoms with Gasteiger partial charge in [-0.2, -0.15) is 0 Å². The summed E-state index contributed by atoms with van der Waals surface area (Å²) < 4.78 is 20.4. The minimum absolute atomic E-state index is 0.134. The molecule has 0 radical (unpaired) electrons. The van der Waals surface area contributed by atoms with Crippen molar-refractivity contribution in [1.29, 1.82) is 0 Å². The molecule has 1 N–H and O–H groups in total. The molecular formula is C17H17BrFNO. The Bertz CT molecular complexity index is 684. The number of anilines is 1. The number of fused-ring (bicyclic) bond motifs is 1. The van der Waals surface area contributed by atoms with Crippen LogP contribution in [-0.4, -0.2) is 5.60 Å². The highest BCUT2D eigenvalue weighted by molar-refractivity contribution is 9.10. The third kappa shape index (κ3) is 3.21. The van der Waals surface area contributed by atoms with E-state index >= 15 is 0 Å². The van der Waals surface area contributed by atoms with Crippen LogP contribution in [0.4, 0.5) is 10.1 Å². The van der Waals surface area contributed by atoms with Crippen LogP contribution >= 0.6 is 15.9 Å². The Labute approximate surface area is 132 Å². The van der Waals surface area contributed by atoms with Crippen molar-refractivity contribution in [1.82, 2.24) is 0 Å². The lowest BCUT2D eigenvalue weighted by Gasteiger charge is -2.16. The molecule has 0 fully saturated rings. The molecule has 0 aromatic heterocycles. The van der Waals surface area contributed by atoms with Crippen molar-refractivity contribution >= 4 is 21.6 Å². The third-order valence-corrected chi connectivity index (χ3v) is 4.03. The van der Waals surface area contributed by atoms with Gasteiger partial charge < -0.3 is 10.1 Å². The lowest BCUT2D eigenvalue weighted by atomic mass is 10.0. The Balaban J connectivity index is 1.74. The van der Waals surface area contributed by atoms with Gasteiger partial charge in [-0.25, -0.2) is 4.39 Å². The molecule has 0 saturated carbocycles. The largest absolute Gasteiger partial charge is 0.487 e. The van der Waals surface area contributed by atoms with Gasteiger partial charge in [0, 0.05) is 17.4 Å². The molecule has 0 spiro atoms. The maximum absolute atomic E-state index is 13.7. The molecule has 0 unspecified atom stereocenters. The topological polar surface area (TPSA) is 21.3 Å². The zero-order valence-electron chi connectivity index (χ0n) is 12.0. The van der Waals surface area contributed by atoms with Crippen LogP contribution in [0, 0.1) is 5.82 Å². The summed E-state index contributed by atoms with van der Waals surface area (Å²) >= 11 is 3.35. The number of hydrogen-bond donors (Lipinski definition) is 1. The Hall–Kier alpha value is -1.55. The summed E-state index contributed by atoms with van der Waals surface area (Å²) in [6, 6.07) is 11.0. The predicted molar refractivity (Wildman–Crippen MR) is 86.3 cm³/mol. The third-order valence-electron chi connectivity index (χ3n) is 3.54. The average Bonchev–Trinajstić information content (AvgIpc) is 2.72. The fourth-order valence-electron chi connectivity index (χ4n) is 2.60. The van der Waals surface area contributed by atoms with Gasteiger partial charge in [0.2, 0.25) is 0 Å².